The Balaban J connectivity index is 1.79. The zero-order valence-corrected chi connectivity index (χ0v) is 14.1. The van der Waals surface area contributed by atoms with Gasteiger partial charge in [0.05, 0.1) is 0 Å². The minimum atomic E-state index is -0.227. The molecule has 5 heteroatoms. The van der Waals surface area contributed by atoms with Gasteiger partial charge in [0.15, 0.2) is 0 Å². The highest BCUT2D eigenvalue weighted by atomic mass is 16.5. The van der Waals surface area contributed by atoms with Gasteiger partial charge in [-0.05, 0) is 50.6 Å². The Labute approximate surface area is 141 Å². The molecule has 0 unspecified atom stereocenters. The summed E-state index contributed by atoms with van der Waals surface area (Å²) < 4.78 is 11.2. The molecule has 1 aromatic heterocycles. The summed E-state index contributed by atoms with van der Waals surface area (Å²) in [7, 11) is 0. The van der Waals surface area contributed by atoms with E-state index in [9.17, 15) is 0 Å². The molecule has 0 aliphatic heterocycles. The molecule has 24 heavy (non-hydrogen) atoms. The van der Waals surface area contributed by atoms with Crippen LogP contribution in [0.4, 0.5) is 0 Å². The minimum Gasteiger partial charge on any atom is -0.488 e. The van der Waals surface area contributed by atoms with E-state index in [4.69, 9.17) is 15.0 Å². The molecule has 0 spiro atoms. The van der Waals surface area contributed by atoms with Crippen LogP contribution in [0.1, 0.15) is 26.3 Å². The van der Waals surface area contributed by atoms with Crippen molar-refractivity contribution < 1.29 is 9.26 Å². The van der Waals surface area contributed by atoms with Crippen LogP contribution in [0, 0.1) is 0 Å². The molecule has 3 rings (SSSR count). The maximum absolute atomic E-state index is 5.81. The normalized spacial score (nSPS) is 11.5. The van der Waals surface area contributed by atoms with Crippen molar-refractivity contribution in [3.63, 3.8) is 0 Å². The zero-order valence-electron chi connectivity index (χ0n) is 14.1. The summed E-state index contributed by atoms with van der Waals surface area (Å²) in [5, 5.41) is 4.05. The van der Waals surface area contributed by atoms with Crippen LogP contribution < -0.4 is 10.5 Å². The van der Waals surface area contributed by atoms with E-state index >= 15 is 0 Å². The molecule has 0 amide bonds. The van der Waals surface area contributed by atoms with Crippen LogP contribution in [0.25, 0.3) is 22.8 Å². The third kappa shape index (κ3) is 3.81. The van der Waals surface area contributed by atoms with Crippen molar-refractivity contribution in [3.05, 3.63) is 54.1 Å². The smallest absolute Gasteiger partial charge is 0.258 e. The third-order valence-corrected chi connectivity index (χ3v) is 3.40. The molecule has 0 fully saturated rings. The number of nitrogens with zero attached hydrogens (tertiary/aromatic N) is 2. The molecular formula is C19H21N3O2. The Bertz CT molecular complexity index is 800. The van der Waals surface area contributed by atoms with Crippen LogP contribution in [0.15, 0.2) is 53.1 Å². The summed E-state index contributed by atoms with van der Waals surface area (Å²) >= 11 is 0. The van der Waals surface area contributed by atoms with Gasteiger partial charge in [-0.2, -0.15) is 4.98 Å². The van der Waals surface area contributed by atoms with Crippen molar-refractivity contribution in [2.75, 3.05) is 0 Å². The van der Waals surface area contributed by atoms with E-state index in [1.54, 1.807) is 0 Å². The Kier molecular flexibility index (Phi) is 4.36. The quantitative estimate of drug-likeness (QED) is 0.784. The Morgan fingerprint density at radius 3 is 2.17 bits per heavy atom. The second kappa shape index (κ2) is 6.45. The second-order valence-electron chi connectivity index (χ2n) is 6.56. The summed E-state index contributed by atoms with van der Waals surface area (Å²) in [6.07, 6.45) is 0. The lowest BCUT2D eigenvalue weighted by Gasteiger charge is -2.21. The maximum Gasteiger partial charge on any atom is 0.258 e. The Morgan fingerprint density at radius 2 is 1.58 bits per heavy atom. The molecule has 124 valence electrons. The lowest BCUT2D eigenvalue weighted by Crippen LogP contribution is -2.22. The summed E-state index contributed by atoms with van der Waals surface area (Å²) in [5.74, 6) is 1.85. The lowest BCUT2D eigenvalue weighted by molar-refractivity contribution is 0.131. The molecule has 2 N–H and O–H groups in total. The van der Waals surface area contributed by atoms with E-state index in [2.05, 4.69) is 10.1 Å². The Hall–Kier alpha value is -2.66. The van der Waals surface area contributed by atoms with Crippen molar-refractivity contribution in [3.8, 4) is 28.6 Å². The van der Waals surface area contributed by atoms with Gasteiger partial charge in [-0.15, -0.1) is 0 Å². The SMILES string of the molecule is CC(C)(C)Oc1ccc(-c2nc(-c3ccc(CN)cc3)no2)cc1. The van der Waals surface area contributed by atoms with Crippen molar-refractivity contribution in [2.24, 2.45) is 5.73 Å². The predicted octanol–water partition coefficient (Wildman–Crippen LogP) is 4.04. The molecule has 1 heterocycles. The van der Waals surface area contributed by atoms with Crippen LogP contribution in [0.3, 0.4) is 0 Å². The van der Waals surface area contributed by atoms with Crippen LogP contribution in [0.2, 0.25) is 0 Å². The number of hydrogen-bond acceptors (Lipinski definition) is 5. The van der Waals surface area contributed by atoms with Crippen molar-refractivity contribution >= 4 is 0 Å². The number of hydrogen-bond donors (Lipinski definition) is 1. The summed E-state index contributed by atoms with van der Waals surface area (Å²) in [6, 6.07) is 15.4. The van der Waals surface area contributed by atoms with E-state index in [0.717, 1.165) is 22.4 Å². The number of benzene rings is 2. The van der Waals surface area contributed by atoms with E-state index < -0.39 is 0 Å². The van der Waals surface area contributed by atoms with Gasteiger partial charge >= 0.3 is 0 Å². The Morgan fingerprint density at radius 1 is 0.958 bits per heavy atom. The molecule has 0 atom stereocenters. The van der Waals surface area contributed by atoms with Crippen LogP contribution in [-0.4, -0.2) is 15.7 Å². The van der Waals surface area contributed by atoms with E-state index in [-0.39, 0.29) is 5.60 Å². The highest BCUT2D eigenvalue weighted by molar-refractivity contribution is 5.60. The fraction of sp³-hybridized carbons (Fsp3) is 0.263. The molecule has 0 bridgehead atoms. The number of aromatic nitrogens is 2. The van der Waals surface area contributed by atoms with E-state index in [0.29, 0.717) is 18.3 Å². The molecule has 0 saturated heterocycles. The molecule has 0 aliphatic carbocycles. The fourth-order valence-electron chi connectivity index (χ4n) is 2.27. The number of ether oxygens (including phenoxy) is 1. The molecule has 0 radical (unpaired) electrons. The number of rotatable bonds is 4. The van der Waals surface area contributed by atoms with Crippen LogP contribution >= 0.6 is 0 Å². The van der Waals surface area contributed by atoms with Gasteiger partial charge in [0, 0.05) is 17.7 Å². The molecular weight excluding hydrogens is 302 g/mol. The van der Waals surface area contributed by atoms with Gasteiger partial charge in [-0.25, -0.2) is 0 Å². The number of nitrogens with two attached hydrogens (primary N) is 1. The van der Waals surface area contributed by atoms with E-state index in [1.807, 2.05) is 69.3 Å². The zero-order chi connectivity index (χ0) is 17.2. The standard InChI is InChI=1S/C19H21N3O2/c1-19(2,3)23-16-10-8-15(9-11-16)18-21-17(22-24-18)14-6-4-13(12-20)5-7-14/h4-11H,12,20H2,1-3H3. The van der Waals surface area contributed by atoms with Crippen molar-refractivity contribution in [1.82, 2.24) is 10.1 Å². The molecule has 5 nitrogen and oxygen atoms in total. The van der Waals surface area contributed by atoms with Crippen molar-refractivity contribution in [2.45, 2.75) is 32.9 Å². The fourth-order valence-corrected chi connectivity index (χ4v) is 2.27. The first kappa shape index (κ1) is 16.2. The van der Waals surface area contributed by atoms with Gasteiger partial charge in [-0.3, -0.25) is 0 Å². The molecule has 3 aromatic rings. The van der Waals surface area contributed by atoms with Gasteiger partial charge in [0.2, 0.25) is 5.82 Å². The third-order valence-electron chi connectivity index (χ3n) is 3.40. The lowest BCUT2D eigenvalue weighted by atomic mass is 10.1. The molecule has 0 saturated carbocycles. The first-order valence-electron chi connectivity index (χ1n) is 7.87. The monoisotopic (exact) mass is 323 g/mol. The molecule has 2 aromatic carbocycles. The van der Waals surface area contributed by atoms with Crippen molar-refractivity contribution in [1.29, 1.82) is 0 Å². The largest absolute Gasteiger partial charge is 0.488 e. The van der Waals surface area contributed by atoms with Gasteiger partial charge in [0.1, 0.15) is 11.4 Å². The topological polar surface area (TPSA) is 74.2 Å². The maximum atomic E-state index is 5.81. The highest BCUT2D eigenvalue weighted by Gasteiger charge is 2.13. The second-order valence-corrected chi connectivity index (χ2v) is 6.56. The average molecular weight is 323 g/mol. The molecule has 0 aliphatic rings. The van der Waals surface area contributed by atoms with Gasteiger partial charge < -0.3 is 15.0 Å². The van der Waals surface area contributed by atoms with Gasteiger partial charge in [-0.1, -0.05) is 29.4 Å². The summed E-state index contributed by atoms with van der Waals surface area (Å²) in [6.45, 7) is 6.56. The first-order chi connectivity index (χ1) is 11.4. The summed E-state index contributed by atoms with van der Waals surface area (Å²) in [5.41, 5.74) is 8.20. The van der Waals surface area contributed by atoms with Gasteiger partial charge in [0.25, 0.3) is 5.89 Å². The average Bonchev–Trinajstić information content (AvgIpc) is 3.04. The van der Waals surface area contributed by atoms with E-state index in [1.165, 1.54) is 0 Å². The first-order valence-corrected chi connectivity index (χ1v) is 7.87. The summed E-state index contributed by atoms with van der Waals surface area (Å²) in [4.78, 5) is 4.46. The highest BCUT2D eigenvalue weighted by Crippen LogP contribution is 2.25. The predicted molar refractivity (Wildman–Crippen MR) is 93.4 cm³/mol. The van der Waals surface area contributed by atoms with Crippen LogP contribution in [-0.2, 0) is 6.54 Å². The van der Waals surface area contributed by atoms with Crippen LogP contribution in [0.5, 0.6) is 5.75 Å². The minimum absolute atomic E-state index is 0.227.